The molecule has 0 bridgehead atoms. The van der Waals surface area contributed by atoms with Crippen LogP contribution in [0.15, 0.2) is 35.9 Å². The Hall–Kier alpha value is -1.81. The van der Waals surface area contributed by atoms with E-state index in [4.69, 9.17) is 14.2 Å². The van der Waals surface area contributed by atoms with Crippen LogP contribution in [0.1, 0.15) is 32.8 Å². The lowest BCUT2D eigenvalue weighted by molar-refractivity contribution is -0.137. The van der Waals surface area contributed by atoms with Gasteiger partial charge in [0.15, 0.2) is 0 Å². The summed E-state index contributed by atoms with van der Waals surface area (Å²) < 4.78 is 15.9. The van der Waals surface area contributed by atoms with E-state index >= 15 is 0 Å². The molecule has 0 aliphatic heterocycles. The fraction of sp³-hybridized carbons (Fsp3) is 0.471. The van der Waals surface area contributed by atoms with Crippen LogP contribution in [0.4, 0.5) is 0 Å². The molecule has 1 unspecified atom stereocenters. The third-order valence-electron chi connectivity index (χ3n) is 3.12. The minimum absolute atomic E-state index is 0.0866. The van der Waals surface area contributed by atoms with E-state index in [2.05, 4.69) is 0 Å². The molecule has 1 aromatic carbocycles. The lowest BCUT2D eigenvalue weighted by Crippen LogP contribution is -2.15. The molecule has 1 aromatic rings. The summed E-state index contributed by atoms with van der Waals surface area (Å²) in [6, 6.07) is 7.74. The molecule has 4 heteroatoms. The largest absolute Gasteiger partial charge is 0.497 e. The van der Waals surface area contributed by atoms with Crippen molar-refractivity contribution in [1.82, 2.24) is 0 Å². The Morgan fingerprint density at radius 1 is 1.24 bits per heavy atom. The molecule has 1 rings (SSSR count). The lowest BCUT2D eigenvalue weighted by Gasteiger charge is -2.17. The molecule has 1 atom stereocenters. The molecule has 0 fully saturated rings. The number of hydrogen-bond donors (Lipinski definition) is 0. The SMILES string of the molecule is CCOC(=O)/C=C(\C)C(CC)OCc1ccc(OC)cc1. The van der Waals surface area contributed by atoms with Gasteiger partial charge in [0, 0.05) is 6.08 Å². The Morgan fingerprint density at radius 2 is 1.90 bits per heavy atom. The van der Waals surface area contributed by atoms with E-state index in [1.165, 1.54) is 6.08 Å². The molecular weight excluding hydrogens is 268 g/mol. The molecule has 0 amide bonds. The number of methoxy groups -OCH3 is 1. The van der Waals surface area contributed by atoms with E-state index < -0.39 is 0 Å². The van der Waals surface area contributed by atoms with Crippen molar-refractivity contribution in [3.05, 3.63) is 41.5 Å². The van der Waals surface area contributed by atoms with E-state index in [0.29, 0.717) is 13.2 Å². The second-order valence-corrected chi connectivity index (χ2v) is 4.70. The lowest BCUT2D eigenvalue weighted by atomic mass is 10.1. The van der Waals surface area contributed by atoms with Gasteiger partial charge in [0.1, 0.15) is 5.75 Å². The molecule has 21 heavy (non-hydrogen) atoms. The highest BCUT2D eigenvalue weighted by atomic mass is 16.5. The van der Waals surface area contributed by atoms with E-state index in [9.17, 15) is 4.79 Å². The van der Waals surface area contributed by atoms with Crippen molar-refractivity contribution in [2.75, 3.05) is 13.7 Å². The molecule has 0 saturated heterocycles. The Bertz CT molecular complexity index is 462. The number of rotatable bonds is 8. The first-order valence-corrected chi connectivity index (χ1v) is 7.20. The van der Waals surface area contributed by atoms with Crippen molar-refractivity contribution >= 4 is 5.97 Å². The molecule has 116 valence electrons. The average Bonchev–Trinajstić information content (AvgIpc) is 2.48. The van der Waals surface area contributed by atoms with Gasteiger partial charge in [-0.25, -0.2) is 4.79 Å². The van der Waals surface area contributed by atoms with Crippen molar-refractivity contribution in [2.45, 2.75) is 39.9 Å². The fourth-order valence-corrected chi connectivity index (χ4v) is 1.95. The van der Waals surface area contributed by atoms with Crippen LogP contribution in [0.25, 0.3) is 0 Å². The normalized spacial score (nSPS) is 12.9. The quantitative estimate of drug-likeness (QED) is 0.543. The maximum atomic E-state index is 11.5. The van der Waals surface area contributed by atoms with Gasteiger partial charge in [-0.15, -0.1) is 0 Å². The van der Waals surface area contributed by atoms with Crippen LogP contribution in [0.3, 0.4) is 0 Å². The van der Waals surface area contributed by atoms with Crippen molar-refractivity contribution in [1.29, 1.82) is 0 Å². The van der Waals surface area contributed by atoms with Gasteiger partial charge in [0.05, 0.1) is 26.4 Å². The first-order valence-electron chi connectivity index (χ1n) is 7.20. The van der Waals surface area contributed by atoms with Crippen molar-refractivity contribution in [3.63, 3.8) is 0 Å². The maximum absolute atomic E-state index is 11.5. The first-order chi connectivity index (χ1) is 10.1. The summed E-state index contributed by atoms with van der Waals surface area (Å²) in [4.78, 5) is 11.5. The Balaban J connectivity index is 2.58. The monoisotopic (exact) mass is 292 g/mol. The second kappa shape index (κ2) is 9.19. The van der Waals surface area contributed by atoms with E-state index in [1.807, 2.05) is 38.1 Å². The summed E-state index contributed by atoms with van der Waals surface area (Å²) >= 11 is 0. The Labute approximate surface area is 126 Å². The molecule has 0 aliphatic rings. The molecule has 0 radical (unpaired) electrons. The molecule has 0 heterocycles. The molecule has 0 saturated carbocycles. The van der Waals surface area contributed by atoms with Crippen molar-refractivity contribution in [2.24, 2.45) is 0 Å². The van der Waals surface area contributed by atoms with Crippen molar-refractivity contribution < 1.29 is 19.0 Å². The van der Waals surface area contributed by atoms with Crippen LogP contribution >= 0.6 is 0 Å². The highest BCUT2D eigenvalue weighted by molar-refractivity contribution is 5.82. The zero-order chi connectivity index (χ0) is 15.7. The highest BCUT2D eigenvalue weighted by Gasteiger charge is 2.11. The third kappa shape index (κ3) is 6.00. The average molecular weight is 292 g/mol. The molecule has 0 spiro atoms. The number of carbonyl (C=O) groups is 1. The molecule has 0 aromatic heterocycles. The van der Waals surface area contributed by atoms with Crippen molar-refractivity contribution in [3.8, 4) is 5.75 Å². The topological polar surface area (TPSA) is 44.8 Å². The highest BCUT2D eigenvalue weighted by Crippen LogP contribution is 2.16. The zero-order valence-electron chi connectivity index (χ0n) is 13.2. The number of ether oxygens (including phenoxy) is 3. The van der Waals surface area contributed by atoms with Gasteiger partial charge < -0.3 is 14.2 Å². The first kappa shape index (κ1) is 17.2. The van der Waals surface area contributed by atoms with Crippen LogP contribution < -0.4 is 4.74 Å². The smallest absolute Gasteiger partial charge is 0.330 e. The van der Waals surface area contributed by atoms with Gasteiger partial charge in [-0.05, 0) is 43.5 Å². The third-order valence-corrected chi connectivity index (χ3v) is 3.12. The Kier molecular flexibility index (Phi) is 7.54. The van der Waals surface area contributed by atoms with E-state index in [-0.39, 0.29) is 12.1 Å². The van der Waals surface area contributed by atoms with Crippen LogP contribution in [-0.4, -0.2) is 25.8 Å². The van der Waals surface area contributed by atoms with Crippen LogP contribution in [0.5, 0.6) is 5.75 Å². The predicted molar refractivity (Wildman–Crippen MR) is 82.3 cm³/mol. The van der Waals surface area contributed by atoms with Crippen LogP contribution in [-0.2, 0) is 20.9 Å². The standard InChI is InChI=1S/C17H24O4/c1-5-16(13(3)11-17(18)20-6-2)21-12-14-7-9-15(19-4)10-8-14/h7-11,16H,5-6,12H2,1-4H3/b13-11+. The fourth-order valence-electron chi connectivity index (χ4n) is 1.95. The molecule has 4 nitrogen and oxygen atoms in total. The number of carbonyl (C=O) groups excluding carboxylic acids is 1. The van der Waals surface area contributed by atoms with Gasteiger partial charge >= 0.3 is 5.97 Å². The summed E-state index contributed by atoms with van der Waals surface area (Å²) in [6.45, 7) is 6.58. The van der Waals surface area contributed by atoms with E-state index in [1.54, 1.807) is 14.0 Å². The number of hydrogen-bond acceptors (Lipinski definition) is 4. The minimum Gasteiger partial charge on any atom is -0.497 e. The number of esters is 1. The van der Waals surface area contributed by atoms with Gasteiger partial charge in [-0.3, -0.25) is 0 Å². The second-order valence-electron chi connectivity index (χ2n) is 4.70. The Morgan fingerprint density at radius 3 is 2.43 bits per heavy atom. The number of benzene rings is 1. The van der Waals surface area contributed by atoms with Crippen LogP contribution in [0.2, 0.25) is 0 Å². The molecular formula is C17H24O4. The van der Waals surface area contributed by atoms with Gasteiger partial charge in [0.2, 0.25) is 0 Å². The summed E-state index contributed by atoms with van der Waals surface area (Å²) in [6.07, 6.45) is 2.22. The van der Waals surface area contributed by atoms with Crippen LogP contribution in [0, 0.1) is 0 Å². The summed E-state index contributed by atoms with van der Waals surface area (Å²) in [5.41, 5.74) is 1.95. The molecule has 0 N–H and O–H groups in total. The minimum atomic E-state index is -0.318. The zero-order valence-corrected chi connectivity index (χ0v) is 13.2. The summed E-state index contributed by atoms with van der Waals surface area (Å²) in [7, 11) is 1.64. The summed E-state index contributed by atoms with van der Waals surface area (Å²) in [5, 5.41) is 0. The summed E-state index contributed by atoms with van der Waals surface area (Å²) in [5.74, 6) is 0.505. The van der Waals surface area contributed by atoms with E-state index in [0.717, 1.165) is 23.3 Å². The maximum Gasteiger partial charge on any atom is 0.330 e. The molecule has 0 aliphatic carbocycles. The van der Waals surface area contributed by atoms with Gasteiger partial charge in [0.25, 0.3) is 0 Å². The predicted octanol–water partition coefficient (Wildman–Crippen LogP) is 3.50. The van der Waals surface area contributed by atoms with Gasteiger partial charge in [-0.1, -0.05) is 19.1 Å². The van der Waals surface area contributed by atoms with Gasteiger partial charge in [-0.2, -0.15) is 0 Å².